The van der Waals surface area contributed by atoms with Gasteiger partial charge < -0.3 is 19.5 Å². The maximum Gasteiger partial charge on any atom is 0.363 e. The van der Waals surface area contributed by atoms with E-state index in [1.807, 2.05) is 19.9 Å². The van der Waals surface area contributed by atoms with Crippen LogP contribution >= 0.6 is 0 Å². The van der Waals surface area contributed by atoms with Crippen molar-refractivity contribution in [1.82, 2.24) is 5.06 Å². The molecule has 3 saturated heterocycles. The Hall–Kier alpha value is -2.40. The third-order valence-electron chi connectivity index (χ3n) is 5.29. The minimum absolute atomic E-state index is 0.231. The topological polar surface area (TPSA) is 111 Å². The smallest absolute Gasteiger partial charge is 0.363 e. The minimum Gasteiger partial charge on any atom is -0.469 e. The molecule has 5 atom stereocenters. The molecule has 0 saturated carbocycles. The first-order valence-electron chi connectivity index (χ1n) is 9.40. The Morgan fingerprint density at radius 1 is 1.21 bits per heavy atom. The molecule has 10 nitrogen and oxygen atoms in total. The van der Waals surface area contributed by atoms with Crippen molar-refractivity contribution in [2.45, 2.75) is 50.5 Å². The summed E-state index contributed by atoms with van der Waals surface area (Å²) in [6.45, 7) is 5.66. The molecule has 3 aliphatic rings. The van der Waals surface area contributed by atoms with Crippen molar-refractivity contribution in [2.75, 3.05) is 19.0 Å². The van der Waals surface area contributed by atoms with E-state index in [2.05, 4.69) is 15.5 Å². The number of hydroxylamine groups is 2. The second-order valence-corrected chi connectivity index (χ2v) is 7.87. The van der Waals surface area contributed by atoms with E-state index in [0.717, 1.165) is 0 Å². The van der Waals surface area contributed by atoms with Crippen molar-refractivity contribution in [3.63, 3.8) is 0 Å². The number of benzene rings is 1. The number of carbonyl (C=O) groups is 2. The molecular formula is C19H24N4O6. The van der Waals surface area contributed by atoms with Crippen LogP contribution in [0.1, 0.15) is 20.8 Å². The van der Waals surface area contributed by atoms with Gasteiger partial charge in [-0.3, -0.25) is 9.63 Å². The van der Waals surface area contributed by atoms with Crippen LogP contribution in [0.3, 0.4) is 0 Å². The molecule has 3 heterocycles. The highest BCUT2D eigenvalue weighted by molar-refractivity contribution is 5.89. The van der Waals surface area contributed by atoms with Gasteiger partial charge in [0, 0.05) is 5.69 Å². The lowest BCUT2D eigenvalue weighted by atomic mass is 9.88. The van der Waals surface area contributed by atoms with Gasteiger partial charge in [-0.25, -0.2) is 4.79 Å². The van der Waals surface area contributed by atoms with Crippen molar-refractivity contribution in [3.8, 4) is 0 Å². The Morgan fingerprint density at radius 2 is 1.93 bits per heavy atom. The van der Waals surface area contributed by atoms with Gasteiger partial charge in [-0.15, -0.1) is 5.11 Å². The lowest BCUT2D eigenvalue weighted by Crippen LogP contribution is -2.46. The van der Waals surface area contributed by atoms with Crippen LogP contribution < -0.4 is 5.32 Å². The summed E-state index contributed by atoms with van der Waals surface area (Å²) in [5.41, 5.74) is -0.826. The molecule has 0 bridgehead atoms. The quantitative estimate of drug-likeness (QED) is 0.608. The fraction of sp³-hybridized carbons (Fsp3) is 0.579. The van der Waals surface area contributed by atoms with Crippen LogP contribution in [0.2, 0.25) is 0 Å². The number of amides is 2. The molecule has 29 heavy (non-hydrogen) atoms. The van der Waals surface area contributed by atoms with Crippen molar-refractivity contribution in [1.29, 1.82) is 0 Å². The predicted octanol–water partition coefficient (Wildman–Crippen LogP) is 2.33. The number of ether oxygens (including phenoxy) is 3. The monoisotopic (exact) mass is 404 g/mol. The fourth-order valence-electron chi connectivity index (χ4n) is 4.20. The zero-order valence-corrected chi connectivity index (χ0v) is 16.7. The Bertz CT molecular complexity index is 831. The maximum absolute atomic E-state index is 12.6. The van der Waals surface area contributed by atoms with E-state index in [1.54, 1.807) is 36.3 Å². The summed E-state index contributed by atoms with van der Waals surface area (Å²) in [5.74, 6) is -2.11. The Balaban J connectivity index is 1.54. The summed E-state index contributed by atoms with van der Waals surface area (Å²) in [5, 5.41) is 12.0. The second kappa shape index (κ2) is 7.13. The minimum atomic E-state index is -1.41. The second-order valence-electron chi connectivity index (χ2n) is 7.87. The number of anilines is 1. The molecule has 0 unspecified atom stereocenters. The summed E-state index contributed by atoms with van der Waals surface area (Å²) in [7, 11) is 1.30. The van der Waals surface area contributed by atoms with Crippen LogP contribution in [0.15, 0.2) is 40.6 Å². The average molecular weight is 404 g/mol. The fourth-order valence-corrected chi connectivity index (χ4v) is 4.20. The third kappa shape index (κ3) is 3.64. The van der Waals surface area contributed by atoms with E-state index >= 15 is 0 Å². The predicted molar refractivity (Wildman–Crippen MR) is 99.6 cm³/mol. The van der Waals surface area contributed by atoms with Crippen LogP contribution in [0.5, 0.6) is 0 Å². The highest BCUT2D eigenvalue weighted by Crippen LogP contribution is 2.48. The zero-order chi connectivity index (χ0) is 20.8. The normalized spacial score (nSPS) is 35.4. The van der Waals surface area contributed by atoms with Crippen LogP contribution in [0, 0.1) is 5.92 Å². The van der Waals surface area contributed by atoms with Crippen molar-refractivity contribution >= 4 is 17.7 Å². The van der Waals surface area contributed by atoms with Gasteiger partial charge in [-0.2, -0.15) is 5.06 Å². The van der Waals surface area contributed by atoms with Gasteiger partial charge in [-0.05, 0) is 32.9 Å². The Morgan fingerprint density at radius 3 is 2.62 bits per heavy atom. The van der Waals surface area contributed by atoms with Gasteiger partial charge in [0.25, 0.3) is 0 Å². The Labute approximate surface area is 168 Å². The lowest BCUT2D eigenvalue weighted by Gasteiger charge is -2.26. The molecule has 4 rings (SSSR count). The van der Waals surface area contributed by atoms with E-state index in [9.17, 15) is 9.59 Å². The number of fused-ring (bicyclic) bond motifs is 3. The first-order valence-corrected chi connectivity index (χ1v) is 9.40. The Kier molecular flexibility index (Phi) is 4.89. The largest absolute Gasteiger partial charge is 0.469 e. The van der Waals surface area contributed by atoms with E-state index in [-0.39, 0.29) is 12.2 Å². The van der Waals surface area contributed by atoms with Crippen LogP contribution in [-0.4, -0.2) is 60.5 Å². The molecule has 10 heteroatoms. The molecule has 1 aromatic rings. The van der Waals surface area contributed by atoms with Crippen molar-refractivity contribution < 1.29 is 28.6 Å². The van der Waals surface area contributed by atoms with E-state index in [1.165, 1.54) is 7.11 Å². The number of azo groups is 1. The number of para-hydroxylation sites is 1. The van der Waals surface area contributed by atoms with Gasteiger partial charge in [0.05, 0.1) is 19.7 Å². The number of nitrogens with one attached hydrogen (secondary N) is 1. The summed E-state index contributed by atoms with van der Waals surface area (Å²) in [6, 6.07) is 7.74. The number of carbonyl (C=O) groups excluding carboxylic acids is 2. The molecule has 156 valence electrons. The number of hydrogen-bond donors (Lipinski definition) is 1. The van der Waals surface area contributed by atoms with Crippen molar-refractivity contribution in [3.05, 3.63) is 30.3 Å². The van der Waals surface area contributed by atoms with E-state index in [0.29, 0.717) is 12.2 Å². The number of rotatable bonds is 3. The molecule has 1 aromatic carbocycles. The lowest BCUT2D eigenvalue weighted by molar-refractivity contribution is -0.221. The summed E-state index contributed by atoms with van der Waals surface area (Å²) >= 11 is 0. The molecule has 3 fully saturated rings. The molecule has 1 N–H and O–H groups in total. The van der Waals surface area contributed by atoms with Crippen molar-refractivity contribution in [2.24, 2.45) is 16.1 Å². The van der Waals surface area contributed by atoms with Gasteiger partial charge in [0.1, 0.15) is 18.1 Å². The first kappa shape index (κ1) is 19.9. The third-order valence-corrected chi connectivity index (χ3v) is 5.29. The highest BCUT2D eigenvalue weighted by Gasteiger charge is 2.67. The molecule has 0 radical (unpaired) electrons. The SMILES string of the molecule is COC(=O)[C@@H]1[C@H]2[C@@H]3OC(C)(C)O[C@@H]3CN2O[C@@]1(C)/N=N/C(=O)Nc1ccccc1. The van der Waals surface area contributed by atoms with E-state index < -0.39 is 35.5 Å². The number of nitrogens with zero attached hydrogens (tertiary/aromatic N) is 3. The number of esters is 1. The molecular weight excluding hydrogens is 380 g/mol. The first-order chi connectivity index (χ1) is 13.7. The van der Waals surface area contributed by atoms with Gasteiger partial charge in [0.15, 0.2) is 5.79 Å². The summed E-state index contributed by atoms with van der Waals surface area (Å²) < 4.78 is 16.9. The van der Waals surface area contributed by atoms with Gasteiger partial charge in [-0.1, -0.05) is 23.3 Å². The zero-order valence-electron chi connectivity index (χ0n) is 16.7. The maximum atomic E-state index is 12.6. The molecule has 3 aliphatic heterocycles. The van der Waals surface area contributed by atoms with Gasteiger partial charge in [0.2, 0.25) is 5.72 Å². The molecule has 2 amide bonds. The standard InChI is InChI=1S/C19H24N4O6/c1-18(2)27-12-10-23-14(15(12)28-18)13(16(24)26-4)19(3,29-23)22-21-17(25)20-11-8-6-5-7-9-11/h5-9,12-15H,10H2,1-4H3,(H,20,25)/b22-21+/t12-,13+,14+,15-,19-/m1/s1. The molecule has 0 aromatic heterocycles. The van der Waals surface area contributed by atoms with E-state index in [4.69, 9.17) is 19.0 Å². The van der Waals surface area contributed by atoms with Crippen LogP contribution in [0.4, 0.5) is 10.5 Å². The molecule has 0 aliphatic carbocycles. The number of hydrogen-bond acceptors (Lipinski definition) is 8. The highest BCUT2D eigenvalue weighted by atomic mass is 16.8. The van der Waals surface area contributed by atoms with Gasteiger partial charge >= 0.3 is 12.0 Å². The number of methoxy groups -OCH3 is 1. The summed E-state index contributed by atoms with van der Waals surface area (Å²) in [4.78, 5) is 30.7. The average Bonchev–Trinajstić information content (AvgIpc) is 3.23. The van der Waals surface area contributed by atoms with Crippen LogP contribution in [-0.2, 0) is 23.8 Å². The molecule has 0 spiro atoms. The van der Waals surface area contributed by atoms with Crippen LogP contribution in [0.25, 0.3) is 0 Å². The summed E-state index contributed by atoms with van der Waals surface area (Å²) in [6.07, 6.45) is -0.616. The number of urea groups is 1.